The standard InChI is InChI=1S/C64H106O14/c1-8-11-14-16-18-20-22-24-26-28-30-32-34-37-56(65)73-46-53(47-74-57(66)38-35-33-31-29-27-25-23-21-19-17-15-12-9-2)78-60(69)45-51(5)44-59(68)77-49-76-58(67)42-40-50(4)39-41-54-62(71-7)52(6)55-48-75-64(70)61(55)63(54)72-43-36-13-10-3/h39,51,53H,8-38,40-49H2,1-7H3/b50-39+. The monoisotopic (exact) mass is 1100 g/mol. The van der Waals surface area contributed by atoms with Gasteiger partial charge in [0.15, 0.2) is 6.10 Å². The van der Waals surface area contributed by atoms with Gasteiger partial charge in [-0.2, -0.15) is 0 Å². The van der Waals surface area contributed by atoms with Crippen molar-refractivity contribution in [3.63, 3.8) is 0 Å². The second-order valence-corrected chi connectivity index (χ2v) is 21.8. The van der Waals surface area contributed by atoms with E-state index in [2.05, 4.69) is 20.8 Å². The van der Waals surface area contributed by atoms with Crippen molar-refractivity contribution in [2.75, 3.05) is 33.7 Å². The first-order chi connectivity index (χ1) is 37.8. The van der Waals surface area contributed by atoms with Gasteiger partial charge in [0.25, 0.3) is 0 Å². The van der Waals surface area contributed by atoms with Gasteiger partial charge in [-0.1, -0.05) is 206 Å². The largest absolute Gasteiger partial charge is 0.496 e. The summed E-state index contributed by atoms with van der Waals surface area (Å²) in [5.41, 5.74) is 3.69. The third-order valence-electron chi connectivity index (χ3n) is 14.6. The molecule has 1 aromatic rings. The number of rotatable bonds is 50. The summed E-state index contributed by atoms with van der Waals surface area (Å²) < 4.78 is 44.5. The minimum absolute atomic E-state index is 0.0415. The fourth-order valence-electron chi connectivity index (χ4n) is 9.75. The Morgan fingerprint density at radius 3 is 1.46 bits per heavy atom. The summed E-state index contributed by atoms with van der Waals surface area (Å²) in [6.45, 7) is 11.6. The number of esters is 6. The molecule has 1 aromatic carbocycles. The first-order valence-electron chi connectivity index (χ1n) is 30.8. The molecule has 14 nitrogen and oxygen atoms in total. The Labute approximate surface area is 471 Å². The Morgan fingerprint density at radius 1 is 0.538 bits per heavy atom. The highest BCUT2D eigenvalue weighted by Gasteiger charge is 2.33. The lowest BCUT2D eigenvalue weighted by Gasteiger charge is -2.19. The van der Waals surface area contributed by atoms with Crippen LogP contribution in [-0.4, -0.2) is 75.6 Å². The van der Waals surface area contributed by atoms with Crippen LogP contribution in [0.4, 0.5) is 0 Å². The van der Waals surface area contributed by atoms with Crippen LogP contribution in [0.15, 0.2) is 11.6 Å². The Kier molecular flexibility index (Phi) is 40.2. The summed E-state index contributed by atoms with van der Waals surface area (Å²) in [5.74, 6) is -2.43. The van der Waals surface area contributed by atoms with Gasteiger partial charge in [0.2, 0.25) is 6.79 Å². The number of carbonyl (C=O) groups is 6. The molecule has 0 amide bonds. The van der Waals surface area contributed by atoms with Gasteiger partial charge in [-0.25, -0.2) is 4.79 Å². The van der Waals surface area contributed by atoms with Crippen LogP contribution in [0.3, 0.4) is 0 Å². The average Bonchev–Trinajstić information content (AvgIpc) is 3.82. The number of benzene rings is 1. The molecule has 14 heteroatoms. The van der Waals surface area contributed by atoms with Gasteiger partial charge in [0, 0.05) is 43.2 Å². The summed E-state index contributed by atoms with van der Waals surface area (Å²) in [6, 6.07) is 0. The molecule has 78 heavy (non-hydrogen) atoms. The quantitative estimate of drug-likeness (QED) is 0.0198. The smallest absolute Gasteiger partial charge is 0.342 e. The van der Waals surface area contributed by atoms with Crippen molar-refractivity contribution in [1.29, 1.82) is 0 Å². The van der Waals surface area contributed by atoms with Crippen LogP contribution >= 0.6 is 0 Å². The maximum atomic E-state index is 13.1. The highest BCUT2D eigenvalue weighted by molar-refractivity contribution is 5.98. The molecule has 0 aliphatic carbocycles. The van der Waals surface area contributed by atoms with Gasteiger partial charge >= 0.3 is 35.8 Å². The van der Waals surface area contributed by atoms with E-state index in [1.165, 1.54) is 116 Å². The molecule has 1 unspecified atom stereocenters. The molecule has 0 aromatic heterocycles. The molecular formula is C64H106O14. The van der Waals surface area contributed by atoms with Crippen LogP contribution in [-0.2, 0) is 65.4 Å². The molecule has 0 N–H and O–H groups in total. The Morgan fingerprint density at radius 2 is 0.974 bits per heavy atom. The molecular weight excluding hydrogens is 993 g/mol. The van der Waals surface area contributed by atoms with E-state index in [1.54, 1.807) is 14.0 Å². The highest BCUT2D eigenvalue weighted by Crippen LogP contribution is 2.43. The first kappa shape index (κ1) is 69.5. The predicted molar refractivity (Wildman–Crippen MR) is 306 cm³/mol. The second-order valence-electron chi connectivity index (χ2n) is 21.8. The summed E-state index contributed by atoms with van der Waals surface area (Å²) in [4.78, 5) is 76.8. The average molecular weight is 1100 g/mol. The van der Waals surface area contributed by atoms with E-state index in [4.69, 9.17) is 37.9 Å². The third kappa shape index (κ3) is 32.5. The molecule has 2 rings (SSSR count). The molecule has 1 heterocycles. The number of ether oxygens (including phenoxy) is 8. The van der Waals surface area contributed by atoms with Crippen LogP contribution in [0, 0.1) is 12.8 Å². The van der Waals surface area contributed by atoms with Gasteiger partial charge < -0.3 is 37.9 Å². The van der Waals surface area contributed by atoms with Gasteiger partial charge in [0.1, 0.15) is 36.9 Å². The van der Waals surface area contributed by atoms with Crippen molar-refractivity contribution < 1.29 is 66.7 Å². The zero-order valence-electron chi connectivity index (χ0n) is 49.9. The summed E-state index contributed by atoms with van der Waals surface area (Å²) >= 11 is 0. The number of cyclic esters (lactones) is 1. The molecule has 0 radical (unpaired) electrons. The van der Waals surface area contributed by atoms with Gasteiger partial charge in [0.05, 0.1) is 13.7 Å². The van der Waals surface area contributed by atoms with Crippen LogP contribution in [0.5, 0.6) is 11.5 Å². The number of hydrogen-bond acceptors (Lipinski definition) is 14. The Hall–Kier alpha value is -4.62. The molecule has 0 saturated heterocycles. The minimum Gasteiger partial charge on any atom is -0.496 e. The number of fused-ring (bicyclic) bond motifs is 1. The maximum Gasteiger partial charge on any atom is 0.342 e. The molecule has 0 bridgehead atoms. The minimum atomic E-state index is -1.00. The molecule has 0 saturated carbocycles. The van der Waals surface area contributed by atoms with Crippen molar-refractivity contribution in [2.24, 2.45) is 5.92 Å². The van der Waals surface area contributed by atoms with E-state index < -0.39 is 54.6 Å². The van der Waals surface area contributed by atoms with E-state index in [9.17, 15) is 28.8 Å². The molecule has 0 spiro atoms. The number of carbonyl (C=O) groups excluding carboxylic acids is 6. The van der Waals surface area contributed by atoms with Crippen molar-refractivity contribution in [3.8, 4) is 11.5 Å². The van der Waals surface area contributed by atoms with Crippen molar-refractivity contribution >= 4 is 35.8 Å². The van der Waals surface area contributed by atoms with Crippen molar-refractivity contribution in [1.82, 2.24) is 0 Å². The SMILES string of the molecule is CCCCCCCCCCCCCCCC(=O)OCC(COC(=O)CCCCCCCCCCCCCCC)OC(=O)CC(C)CC(=O)OCOC(=O)CC/C(C)=C/Cc1c(OC)c(C)c2c(c1OCCCCC)C(=O)OC2. The maximum absolute atomic E-state index is 13.1. The lowest BCUT2D eigenvalue weighted by Crippen LogP contribution is -2.31. The second kappa shape index (κ2) is 45.1. The van der Waals surface area contributed by atoms with Crippen LogP contribution < -0.4 is 9.47 Å². The normalized spacial score (nSPS) is 12.5. The zero-order chi connectivity index (χ0) is 57.0. The predicted octanol–water partition coefficient (Wildman–Crippen LogP) is 15.9. The summed E-state index contributed by atoms with van der Waals surface area (Å²) in [7, 11) is 1.59. The molecule has 0 fully saturated rings. The molecule has 1 atom stereocenters. The number of methoxy groups -OCH3 is 1. The van der Waals surface area contributed by atoms with E-state index in [0.29, 0.717) is 49.4 Å². The fraction of sp³-hybridized carbons (Fsp3) is 0.781. The third-order valence-corrected chi connectivity index (χ3v) is 14.6. The fourth-order valence-corrected chi connectivity index (χ4v) is 9.75. The highest BCUT2D eigenvalue weighted by atomic mass is 16.7. The number of hydrogen-bond donors (Lipinski definition) is 0. The van der Waals surface area contributed by atoms with E-state index in [1.807, 2.05) is 19.9 Å². The number of unbranched alkanes of at least 4 members (excludes halogenated alkanes) is 26. The molecule has 1 aliphatic rings. The van der Waals surface area contributed by atoms with E-state index in [0.717, 1.165) is 80.1 Å². The van der Waals surface area contributed by atoms with Crippen molar-refractivity contribution in [2.45, 2.75) is 285 Å². The van der Waals surface area contributed by atoms with Crippen LogP contribution in [0.1, 0.15) is 286 Å². The van der Waals surface area contributed by atoms with Gasteiger partial charge in [-0.05, 0) is 57.4 Å². The first-order valence-corrected chi connectivity index (χ1v) is 30.8. The summed E-state index contributed by atoms with van der Waals surface area (Å²) in [6.07, 6.45) is 36.1. The molecule has 446 valence electrons. The molecule has 1 aliphatic heterocycles. The van der Waals surface area contributed by atoms with Gasteiger partial charge in [-0.3, -0.25) is 24.0 Å². The Bertz CT molecular complexity index is 1830. The van der Waals surface area contributed by atoms with E-state index >= 15 is 0 Å². The van der Waals surface area contributed by atoms with Gasteiger partial charge in [-0.15, -0.1) is 0 Å². The van der Waals surface area contributed by atoms with Crippen LogP contribution in [0.25, 0.3) is 0 Å². The lowest BCUT2D eigenvalue weighted by molar-refractivity contribution is -0.170. The Balaban J connectivity index is 1.80. The lowest BCUT2D eigenvalue weighted by atomic mass is 9.94. The summed E-state index contributed by atoms with van der Waals surface area (Å²) in [5, 5.41) is 0. The number of allylic oxidation sites excluding steroid dienone is 2. The van der Waals surface area contributed by atoms with E-state index in [-0.39, 0.29) is 51.9 Å². The topological polar surface area (TPSA) is 176 Å². The van der Waals surface area contributed by atoms with Crippen molar-refractivity contribution in [3.05, 3.63) is 33.9 Å². The van der Waals surface area contributed by atoms with Crippen LogP contribution in [0.2, 0.25) is 0 Å². The zero-order valence-corrected chi connectivity index (χ0v) is 49.9.